The number of fused-ring (bicyclic) bond motifs is 1. The molecule has 0 spiro atoms. The Labute approximate surface area is 80.1 Å². The van der Waals surface area contributed by atoms with Crippen molar-refractivity contribution in [3.05, 3.63) is 40.5 Å². The second-order valence-corrected chi connectivity index (χ2v) is 3.54. The normalized spacial score (nSPS) is 15.3. The van der Waals surface area contributed by atoms with Crippen LogP contribution in [0.1, 0.15) is 23.6 Å². The molecule has 0 fully saturated rings. The van der Waals surface area contributed by atoms with Crippen molar-refractivity contribution in [1.29, 1.82) is 0 Å². The van der Waals surface area contributed by atoms with Gasteiger partial charge in [0.15, 0.2) is 0 Å². The van der Waals surface area contributed by atoms with Crippen molar-refractivity contribution in [1.82, 2.24) is 0 Å². The highest BCUT2D eigenvalue weighted by molar-refractivity contribution is 5.65. The minimum atomic E-state index is -4.23. The molecule has 14 heavy (non-hydrogen) atoms. The second kappa shape index (κ2) is 2.87. The molecule has 0 aliphatic heterocycles. The van der Waals surface area contributed by atoms with Crippen molar-refractivity contribution >= 4 is 6.08 Å². The average Bonchev–Trinajstić information content (AvgIpc) is 2.41. The lowest BCUT2D eigenvalue weighted by Crippen LogP contribution is -2.08. The molecule has 0 unspecified atom stereocenters. The maximum absolute atomic E-state index is 12.5. The van der Waals surface area contributed by atoms with Crippen LogP contribution in [-0.2, 0) is 12.6 Å². The van der Waals surface area contributed by atoms with Crippen LogP contribution in [0.15, 0.2) is 23.8 Å². The van der Waals surface area contributed by atoms with Crippen molar-refractivity contribution in [2.45, 2.75) is 19.5 Å². The molecule has 0 N–H and O–H groups in total. The molecule has 1 aliphatic rings. The van der Waals surface area contributed by atoms with Crippen molar-refractivity contribution < 1.29 is 13.2 Å². The van der Waals surface area contributed by atoms with Gasteiger partial charge in [-0.15, -0.1) is 0 Å². The van der Waals surface area contributed by atoms with Gasteiger partial charge in [0.2, 0.25) is 0 Å². The number of halogens is 3. The SMILES string of the molecule is CC1=Cc2cccc(C(F)(F)F)c2C1. The molecule has 1 aromatic rings. The number of rotatable bonds is 0. The molecule has 0 aromatic heterocycles. The van der Waals surface area contributed by atoms with Gasteiger partial charge in [-0.3, -0.25) is 0 Å². The summed E-state index contributed by atoms with van der Waals surface area (Å²) in [5.41, 5.74) is 1.61. The fourth-order valence-electron chi connectivity index (χ4n) is 1.80. The maximum Gasteiger partial charge on any atom is 0.416 e. The van der Waals surface area contributed by atoms with E-state index in [9.17, 15) is 13.2 Å². The Morgan fingerprint density at radius 3 is 2.57 bits per heavy atom. The van der Waals surface area contributed by atoms with Crippen LogP contribution in [-0.4, -0.2) is 0 Å². The summed E-state index contributed by atoms with van der Waals surface area (Å²) in [6.07, 6.45) is -2.00. The molecule has 0 amide bonds. The van der Waals surface area contributed by atoms with Crippen LogP contribution in [0, 0.1) is 0 Å². The predicted molar refractivity (Wildman–Crippen MR) is 48.8 cm³/mol. The summed E-state index contributed by atoms with van der Waals surface area (Å²) in [5, 5.41) is 0. The molecule has 0 atom stereocenters. The monoisotopic (exact) mass is 198 g/mol. The first-order valence-electron chi connectivity index (χ1n) is 4.35. The topological polar surface area (TPSA) is 0 Å². The zero-order chi connectivity index (χ0) is 10.3. The van der Waals surface area contributed by atoms with Crippen LogP contribution in [0.5, 0.6) is 0 Å². The Hall–Kier alpha value is -1.25. The molecule has 3 heteroatoms. The lowest BCUT2D eigenvalue weighted by Gasteiger charge is -2.11. The lowest BCUT2D eigenvalue weighted by molar-refractivity contribution is -0.138. The molecule has 1 aromatic carbocycles. The van der Waals surface area contributed by atoms with E-state index in [1.165, 1.54) is 6.07 Å². The highest BCUT2D eigenvalue weighted by atomic mass is 19.4. The van der Waals surface area contributed by atoms with Gasteiger partial charge in [0, 0.05) is 0 Å². The van der Waals surface area contributed by atoms with Gasteiger partial charge in [-0.2, -0.15) is 13.2 Å². The van der Waals surface area contributed by atoms with Gasteiger partial charge in [-0.1, -0.05) is 23.8 Å². The lowest BCUT2D eigenvalue weighted by atomic mass is 10.0. The third-order valence-corrected chi connectivity index (χ3v) is 2.38. The molecule has 0 saturated carbocycles. The zero-order valence-electron chi connectivity index (χ0n) is 7.65. The second-order valence-electron chi connectivity index (χ2n) is 3.54. The number of alkyl halides is 3. The summed E-state index contributed by atoms with van der Waals surface area (Å²) < 4.78 is 37.6. The van der Waals surface area contributed by atoms with Crippen LogP contribution in [0.4, 0.5) is 13.2 Å². The first kappa shape index (κ1) is 9.31. The van der Waals surface area contributed by atoms with Gasteiger partial charge in [-0.05, 0) is 30.5 Å². The van der Waals surface area contributed by atoms with Gasteiger partial charge in [0.25, 0.3) is 0 Å². The Kier molecular flexibility index (Phi) is 1.91. The molecular formula is C11H9F3. The van der Waals surface area contributed by atoms with E-state index in [2.05, 4.69) is 0 Å². The average molecular weight is 198 g/mol. The van der Waals surface area contributed by atoms with E-state index >= 15 is 0 Å². The fourth-order valence-corrected chi connectivity index (χ4v) is 1.80. The molecule has 1 aliphatic carbocycles. The molecule has 2 rings (SSSR count). The first-order valence-corrected chi connectivity index (χ1v) is 4.35. The summed E-state index contributed by atoms with van der Waals surface area (Å²) in [5.74, 6) is 0. The molecule has 0 nitrogen and oxygen atoms in total. The van der Waals surface area contributed by atoms with E-state index in [1.807, 2.05) is 13.0 Å². The molecule has 0 heterocycles. The largest absolute Gasteiger partial charge is 0.416 e. The Morgan fingerprint density at radius 1 is 1.21 bits per heavy atom. The third kappa shape index (κ3) is 1.43. The highest BCUT2D eigenvalue weighted by Crippen LogP contribution is 2.37. The molecule has 0 bridgehead atoms. The summed E-state index contributed by atoms with van der Waals surface area (Å²) >= 11 is 0. The van der Waals surface area contributed by atoms with Gasteiger partial charge < -0.3 is 0 Å². The first-order chi connectivity index (χ1) is 6.48. The zero-order valence-corrected chi connectivity index (χ0v) is 7.65. The molecular weight excluding hydrogens is 189 g/mol. The van der Waals surface area contributed by atoms with Crippen LogP contribution in [0.3, 0.4) is 0 Å². The van der Waals surface area contributed by atoms with E-state index < -0.39 is 11.7 Å². The van der Waals surface area contributed by atoms with Crippen LogP contribution < -0.4 is 0 Å². The van der Waals surface area contributed by atoms with Crippen molar-refractivity contribution in [2.75, 3.05) is 0 Å². The number of allylic oxidation sites excluding steroid dienone is 1. The fraction of sp³-hybridized carbons (Fsp3) is 0.273. The van der Waals surface area contributed by atoms with Gasteiger partial charge in [0.05, 0.1) is 5.56 Å². The molecule has 74 valence electrons. The van der Waals surface area contributed by atoms with Crippen LogP contribution >= 0.6 is 0 Å². The Morgan fingerprint density at radius 2 is 1.93 bits per heavy atom. The van der Waals surface area contributed by atoms with E-state index in [0.29, 0.717) is 17.5 Å². The van der Waals surface area contributed by atoms with Gasteiger partial charge >= 0.3 is 6.18 Å². The van der Waals surface area contributed by atoms with Crippen LogP contribution in [0.2, 0.25) is 0 Å². The minimum absolute atomic E-state index is 0.414. The number of benzene rings is 1. The Bertz CT molecular complexity index is 399. The Balaban J connectivity index is 2.55. The smallest absolute Gasteiger partial charge is 0.166 e. The third-order valence-electron chi connectivity index (χ3n) is 2.38. The summed E-state index contributed by atoms with van der Waals surface area (Å²) in [6.45, 7) is 1.85. The van der Waals surface area contributed by atoms with Gasteiger partial charge in [-0.25, -0.2) is 0 Å². The van der Waals surface area contributed by atoms with Crippen molar-refractivity contribution in [3.8, 4) is 0 Å². The van der Waals surface area contributed by atoms with Crippen molar-refractivity contribution in [3.63, 3.8) is 0 Å². The van der Waals surface area contributed by atoms with Crippen molar-refractivity contribution in [2.24, 2.45) is 0 Å². The summed E-state index contributed by atoms with van der Waals surface area (Å²) in [4.78, 5) is 0. The quantitative estimate of drug-likeness (QED) is 0.596. The number of hydrogen-bond acceptors (Lipinski definition) is 0. The predicted octanol–water partition coefficient (Wildman–Crippen LogP) is 3.66. The van der Waals surface area contributed by atoms with E-state index in [-0.39, 0.29) is 0 Å². The minimum Gasteiger partial charge on any atom is -0.166 e. The maximum atomic E-state index is 12.5. The summed E-state index contributed by atoms with van der Waals surface area (Å²) in [6, 6.07) is 4.32. The molecule has 0 saturated heterocycles. The van der Waals surface area contributed by atoms with Crippen LogP contribution in [0.25, 0.3) is 6.08 Å². The van der Waals surface area contributed by atoms with E-state index in [4.69, 9.17) is 0 Å². The summed E-state index contributed by atoms with van der Waals surface area (Å²) in [7, 11) is 0. The van der Waals surface area contributed by atoms with Gasteiger partial charge in [0.1, 0.15) is 0 Å². The number of hydrogen-bond donors (Lipinski definition) is 0. The molecule has 0 radical (unpaired) electrons. The highest BCUT2D eigenvalue weighted by Gasteiger charge is 2.34. The standard InChI is InChI=1S/C11H9F3/c1-7-5-8-3-2-4-10(9(8)6-7)11(12,13)14/h2-5H,6H2,1H3. The van der Waals surface area contributed by atoms with E-state index in [1.54, 1.807) is 6.07 Å². The van der Waals surface area contributed by atoms with E-state index in [0.717, 1.165) is 11.6 Å².